The maximum atomic E-state index is 2.50. The van der Waals surface area contributed by atoms with Gasteiger partial charge in [-0.15, -0.1) is 0 Å². The summed E-state index contributed by atoms with van der Waals surface area (Å²) in [4.78, 5) is 0. The molecule has 0 heteroatoms. The van der Waals surface area contributed by atoms with Crippen molar-refractivity contribution in [2.45, 2.75) is 66.7 Å². The fourth-order valence-electron chi connectivity index (χ4n) is 3.20. The molecule has 1 fully saturated rings. The molecule has 90 valence electrons. The third kappa shape index (κ3) is 3.50. The van der Waals surface area contributed by atoms with Crippen LogP contribution in [0.5, 0.6) is 0 Å². The molecular formula is C15H30. The largest absolute Gasteiger partial charge is 0.0654 e. The lowest BCUT2D eigenvalue weighted by Crippen LogP contribution is -2.17. The topological polar surface area (TPSA) is 0 Å². The lowest BCUT2D eigenvalue weighted by molar-refractivity contribution is 0.244. The fraction of sp³-hybridized carbons (Fsp3) is 1.00. The Morgan fingerprint density at radius 2 is 1.60 bits per heavy atom. The summed E-state index contributed by atoms with van der Waals surface area (Å²) in [5.41, 5.74) is 0. The van der Waals surface area contributed by atoms with Crippen molar-refractivity contribution in [1.82, 2.24) is 0 Å². The maximum Gasteiger partial charge on any atom is -0.0381 e. The Morgan fingerprint density at radius 1 is 1.07 bits per heavy atom. The Labute approximate surface area is 96.8 Å². The van der Waals surface area contributed by atoms with Crippen LogP contribution < -0.4 is 0 Å². The van der Waals surface area contributed by atoms with E-state index in [0.717, 1.165) is 29.6 Å². The quantitative estimate of drug-likeness (QED) is 0.590. The predicted octanol–water partition coefficient (Wildman–Crippen LogP) is 5.13. The minimum Gasteiger partial charge on any atom is -0.0654 e. The molecule has 0 heterocycles. The van der Waals surface area contributed by atoms with Gasteiger partial charge in [-0.2, -0.15) is 0 Å². The zero-order valence-electron chi connectivity index (χ0n) is 11.4. The Balaban J connectivity index is 2.36. The molecule has 15 heavy (non-hydrogen) atoms. The third-order valence-corrected chi connectivity index (χ3v) is 4.97. The smallest absolute Gasteiger partial charge is 0.0381 e. The van der Waals surface area contributed by atoms with E-state index in [-0.39, 0.29) is 0 Å². The molecule has 0 amide bonds. The fourth-order valence-corrected chi connectivity index (χ4v) is 3.20. The van der Waals surface area contributed by atoms with Gasteiger partial charge in [-0.25, -0.2) is 0 Å². The van der Waals surface area contributed by atoms with Crippen LogP contribution >= 0.6 is 0 Å². The van der Waals surface area contributed by atoms with E-state index < -0.39 is 0 Å². The SMILES string of the molecule is CCCCC(C)C(C)C1CC(C)C(C)C1. The highest BCUT2D eigenvalue weighted by Crippen LogP contribution is 2.42. The second-order valence-corrected chi connectivity index (χ2v) is 6.16. The van der Waals surface area contributed by atoms with Crippen molar-refractivity contribution < 1.29 is 0 Å². The zero-order chi connectivity index (χ0) is 11.4. The molecule has 0 nitrogen and oxygen atoms in total. The van der Waals surface area contributed by atoms with Gasteiger partial charge in [0.2, 0.25) is 0 Å². The van der Waals surface area contributed by atoms with Crippen LogP contribution in [-0.4, -0.2) is 0 Å². The molecule has 0 saturated heterocycles. The Hall–Kier alpha value is 0. The van der Waals surface area contributed by atoms with Crippen LogP contribution in [0.15, 0.2) is 0 Å². The molecule has 4 unspecified atom stereocenters. The molecule has 0 spiro atoms. The summed E-state index contributed by atoms with van der Waals surface area (Å²) in [6.45, 7) is 12.1. The van der Waals surface area contributed by atoms with E-state index in [4.69, 9.17) is 0 Å². The molecule has 1 aliphatic rings. The van der Waals surface area contributed by atoms with Crippen LogP contribution in [0.1, 0.15) is 66.7 Å². The highest BCUT2D eigenvalue weighted by molar-refractivity contribution is 4.83. The van der Waals surface area contributed by atoms with Crippen LogP contribution in [0, 0.1) is 29.6 Å². The minimum absolute atomic E-state index is 0.937. The van der Waals surface area contributed by atoms with Crippen LogP contribution in [0.3, 0.4) is 0 Å². The van der Waals surface area contributed by atoms with E-state index in [2.05, 4.69) is 34.6 Å². The van der Waals surface area contributed by atoms with E-state index in [1.165, 1.54) is 32.1 Å². The highest BCUT2D eigenvalue weighted by atomic mass is 14.4. The number of hydrogen-bond acceptors (Lipinski definition) is 0. The van der Waals surface area contributed by atoms with Crippen molar-refractivity contribution in [3.63, 3.8) is 0 Å². The molecule has 0 aliphatic heterocycles. The third-order valence-electron chi connectivity index (χ3n) is 4.97. The van der Waals surface area contributed by atoms with Crippen LogP contribution in [0.2, 0.25) is 0 Å². The van der Waals surface area contributed by atoms with E-state index in [0.29, 0.717) is 0 Å². The lowest BCUT2D eigenvalue weighted by atomic mass is 9.80. The average molecular weight is 210 g/mol. The van der Waals surface area contributed by atoms with E-state index in [9.17, 15) is 0 Å². The molecule has 0 N–H and O–H groups in total. The van der Waals surface area contributed by atoms with Crippen molar-refractivity contribution in [3.8, 4) is 0 Å². The van der Waals surface area contributed by atoms with Crippen molar-refractivity contribution in [3.05, 3.63) is 0 Å². The molecule has 0 aromatic rings. The lowest BCUT2D eigenvalue weighted by Gasteiger charge is -2.26. The van der Waals surface area contributed by atoms with Crippen LogP contribution in [-0.2, 0) is 0 Å². The Bertz CT molecular complexity index is 163. The molecule has 0 aromatic carbocycles. The van der Waals surface area contributed by atoms with Gasteiger partial charge in [-0.1, -0.05) is 53.9 Å². The average Bonchev–Trinajstić information content (AvgIpc) is 2.54. The van der Waals surface area contributed by atoms with Crippen LogP contribution in [0.4, 0.5) is 0 Å². The summed E-state index contributed by atoms with van der Waals surface area (Å²) in [7, 11) is 0. The van der Waals surface area contributed by atoms with Crippen molar-refractivity contribution in [2.24, 2.45) is 29.6 Å². The first-order chi connectivity index (χ1) is 7.06. The molecule has 1 saturated carbocycles. The summed E-state index contributed by atoms with van der Waals surface area (Å²) >= 11 is 0. The molecule has 0 radical (unpaired) electrons. The zero-order valence-corrected chi connectivity index (χ0v) is 11.4. The van der Waals surface area contributed by atoms with Gasteiger partial charge in [0.25, 0.3) is 0 Å². The van der Waals surface area contributed by atoms with E-state index >= 15 is 0 Å². The molecule has 0 bridgehead atoms. The second-order valence-electron chi connectivity index (χ2n) is 6.16. The molecule has 1 aliphatic carbocycles. The standard InChI is InChI=1S/C15H30/c1-6-7-8-11(2)14(5)15-9-12(3)13(4)10-15/h11-15H,6-10H2,1-5H3. The van der Waals surface area contributed by atoms with Gasteiger partial charge in [-0.3, -0.25) is 0 Å². The van der Waals surface area contributed by atoms with Gasteiger partial charge in [-0.05, 0) is 42.4 Å². The first-order valence-electron chi connectivity index (χ1n) is 7.06. The van der Waals surface area contributed by atoms with Gasteiger partial charge in [0.1, 0.15) is 0 Å². The monoisotopic (exact) mass is 210 g/mol. The van der Waals surface area contributed by atoms with Gasteiger partial charge in [0.05, 0.1) is 0 Å². The molecule has 4 atom stereocenters. The summed E-state index contributed by atoms with van der Waals surface area (Å²) in [6.07, 6.45) is 7.19. The first-order valence-corrected chi connectivity index (χ1v) is 7.06. The van der Waals surface area contributed by atoms with Gasteiger partial charge >= 0.3 is 0 Å². The minimum atomic E-state index is 0.937. The summed E-state index contributed by atoms with van der Waals surface area (Å²) in [5.74, 6) is 4.84. The Kier molecular flexibility index (Phi) is 5.15. The second kappa shape index (κ2) is 5.92. The van der Waals surface area contributed by atoms with Gasteiger partial charge < -0.3 is 0 Å². The summed E-state index contributed by atoms with van der Waals surface area (Å²) < 4.78 is 0. The number of hydrogen-bond donors (Lipinski definition) is 0. The maximum absolute atomic E-state index is 2.50. The molecular weight excluding hydrogens is 180 g/mol. The highest BCUT2D eigenvalue weighted by Gasteiger charge is 2.33. The van der Waals surface area contributed by atoms with Gasteiger partial charge in [0.15, 0.2) is 0 Å². The normalized spacial score (nSPS) is 35.4. The van der Waals surface area contributed by atoms with Gasteiger partial charge in [0, 0.05) is 0 Å². The number of rotatable bonds is 5. The predicted molar refractivity (Wildman–Crippen MR) is 68.9 cm³/mol. The molecule has 1 rings (SSSR count). The van der Waals surface area contributed by atoms with Crippen LogP contribution in [0.25, 0.3) is 0 Å². The first kappa shape index (κ1) is 13.1. The van der Waals surface area contributed by atoms with E-state index in [1.807, 2.05) is 0 Å². The summed E-state index contributed by atoms with van der Waals surface area (Å²) in [5, 5.41) is 0. The number of unbranched alkanes of at least 4 members (excludes halogenated alkanes) is 1. The van der Waals surface area contributed by atoms with E-state index in [1.54, 1.807) is 0 Å². The van der Waals surface area contributed by atoms with Crippen molar-refractivity contribution in [1.29, 1.82) is 0 Å². The van der Waals surface area contributed by atoms with Crippen molar-refractivity contribution >= 4 is 0 Å². The Morgan fingerprint density at radius 3 is 2.07 bits per heavy atom. The molecule has 0 aromatic heterocycles. The van der Waals surface area contributed by atoms with Crippen molar-refractivity contribution in [2.75, 3.05) is 0 Å². The summed E-state index contributed by atoms with van der Waals surface area (Å²) in [6, 6.07) is 0.